The van der Waals surface area contributed by atoms with Crippen molar-refractivity contribution in [1.29, 1.82) is 0 Å². The van der Waals surface area contributed by atoms with Gasteiger partial charge in [0.15, 0.2) is 34.7 Å². The third-order valence-electron chi connectivity index (χ3n) is 17.2. The average Bonchev–Trinajstić information content (AvgIpc) is 0.835. The molecule has 14 rings (SSSR count). The van der Waals surface area contributed by atoms with Gasteiger partial charge in [-0.1, -0.05) is 278 Å². The van der Waals surface area contributed by atoms with Crippen LogP contribution in [0.25, 0.3) is 11.1 Å². The van der Waals surface area contributed by atoms with Gasteiger partial charge in [0.2, 0.25) is 0 Å². The fourth-order valence-electron chi connectivity index (χ4n) is 11.3. The number of nitrogens with zero attached hydrogens (tertiary/aromatic N) is 2. The van der Waals surface area contributed by atoms with Gasteiger partial charge in [-0.05, 0) is 164 Å². The highest BCUT2D eigenvalue weighted by atomic mass is 35.5. The second-order valence-corrected chi connectivity index (χ2v) is 27.2. The van der Waals surface area contributed by atoms with E-state index in [-0.39, 0.29) is 34.7 Å². The van der Waals surface area contributed by atoms with Crippen LogP contribution in [-0.2, 0) is 0 Å². The Balaban J connectivity index is 0.000000152. The van der Waals surface area contributed by atoms with Crippen LogP contribution in [0.1, 0.15) is 112 Å². The minimum atomic E-state index is 0.0206. The van der Waals surface area contributed by atoms with Crippen molar-refractivity contribution in [3.05, 3.63) is 459 Å². The third kappa shape index (κ3) is 24.1. The molecule has 0 aromatic heterocycles. The van der Waals surface area contributed by atoms with Gasteiger partial charge in [0, 0.05) is 121 Å². The topological polar surface area (TPSA) is 118 Å². The molecule has 542 valence electrons. The van der Waals surface area contributed by atoms with Crippen LogP contribution in [0.3, 0.4) is 0 Å². The quantitative estimate of drug-likeness (QED) is 0.0769. The molecule has 0 spiro atoms. The molecule has 109 heavy (non-hydrogen) atoms. The number of rotatable bonds is 18. The van der Waals surface area contributed by atoms with Crippen molar-refractivity contribution >= 4 is 69.4 Å². The zero-order chi connectivity index (χ0) is 77.4. The fraction of sp³-hybridized carbons (Fsp3) is 0.0816. The number of ketones is 6. The normalized spacial score (nSPS) is 10.1. The summed E-state index contributed by atoms with van der Waals surface area (Å²) >= 11 is 7.45. The lowest BCUT2D eigenvalue weighted by Crippen LogP contribution is -2.12. The van der Waals surface area contributed by atoms with Crippen LogP contribution in [0, 0.1) is 20.8 Å². The summed E-state index contributed by atoms with van der Waals surface area (Å²) in [6.07, 6.45) is 0. The zero-order valence-electron chi connectivity index (χ0n) is 62.3. The molecule has 14 aromatic carbocycles. The highest BCUT2D eigenvalue weighted by Crippen LogP contribution is 2.30. The summed E-state index contributed by atoms with van der Waals surface area (Å²) in [5.74, 6) is 1.07. The van der Waals surface area contributed by atoms with Crippen LogP contribution in [0.2, 0.25) is 5.02 Å². The molecule has 0 aliphatic carbocycles. The largest absolute Gasteiger partial charge is 0.497 e. The van der Waals surface area contributed by atoms with E-state index in [4.69, 9.17) is 16.3 Å². The lowest BCUT2D eigenvalue weighted by molar-refractivity contribution is 0.103. The van der Waals surface area contributed by atoms with Gasteiger partial charge in [-0.25, -0.2) is 0 Å². The number of hydrogen-bond acceptors (Lipinski definition) is 10. The van der Waals surface area contributed by atoms with Gasteiger partial charge in [-0.3, -0.25) is 28.8 Å². The standard InChI is InChI=1S/C20H16OS.C19H24N2O.C19H14O.C14H12O2.C13H9ClO.C13H10O/c1-15-7-11-18(12-8-15)22-19-13-9-17(10-14-19)20(21)16-5-3-2-4-6-16;1-13-11-15(7-9-17(13)20(3)4)19(22)16-8-10-18(21(5)6)14(2)12-16;20-19(17-9-5-2-6-10-17)18-13-11-16(12-14-18)15-7-3-1-4-8-15;1-16-13-9-7-12(8-10-13)14(15)11-5-3-2-4-6-11;14-12-8-6-11(7-9-12)13(15)10-4-2-1-3-5-10;14-13(11-7-3-1-4-8-11)12-9-5-2-6-10-12/h2-14H,1H3;7-12H,1-6H3;1-14H;2-10H,1H3;1-9H;1-10H. The number of hydrogen-bond donors (Lipinski definition) is 0. The number of methoxy groups -OCH3 is 1. The molecule has 11 heteroatoms. The first-order valence-electron chi connectivity index (χ1n) is 35.4. The number of carbonyl (C=O) groups excluding carboxylic acids is 6. The van der Waals surface area contributed by atoms with Gasteiger partial charge >= 0.3 is 0 Å². The number of ether oxygens (including phenoxy) is 1. The zero-order valence-corrected chi connectivity index (χ0v) is 63.8. The Morgan fingerprint density at radius 3 is 0.780 bits per heavy atom. The third-order valence-corrected chi connectivity index (χ3v) is 18.5. The molecule has 0 fully saturated rings. The van der Waals surface area contributed by atoms with E-state index in [1.54, 1.807) is 79.5 Å². The van der Waals surface area contributed by atoms with Crippen LogP contribution < -0.4 is 14.5 Å². The minimum Gasteiger partial charge on any atom is -0.497 e. The SMILES string of the molecule is COc1ccc(C(=O)c2ccccc2)cc1.Cc1cc(C(=O)c2ccc(N(C)C)c(C)c2)ccc1N(C)C.Cc1ccc(Sc2ccc(C(=O)c3ccccc3)cc2)cc1.O=C(c1ccccc1)c1ccc(-c2ccccc2)cc1.O=C(c1ccccc1)c1ccc(Cl)cc1.O=C(c1ccccc1)c1ccccc1. The first-order valence-corrected chi connectivity index (χ1v) is 36.6. The second kappa shape index (κ2) is 41.2. The van der Waals surface area contributed by atoms with Crippen LogP contribution in [-0.4, -0.2) is 70.0 Å². The Labute approximate surface area is 649 Å². The minimum absolute atomic E-state index is 0.0206. The molecule has 0 unspecified atom stereocenters. The molecule has 0 aliphatic heterocycles. The van der Waals surface area contributed by atoms with Crippen LogP contribution in [0.5, 0.6) is 5.75 Å². The summed E-state index contributed by atoms with van der Waals surface area (Å²) in [5.41, 5.74) is 16.6. The molecule has 0 atom stereocenters. The van der Waals surface area contributed by atoms with E-state index >= 15 is 0 Å². The van der Waals surface area contributed by atoms with E-state index in [0.29, 0.717) is 27.3 Å². The van der Waals surface area contributed by atoms with Crippen LogP contribution >= 0.6 is 23.4 Å². The van der Waals surface area contributed by atoms with E-state index in [1.165, 1.54) is 10.5 Å². The van der Waals surface area contributed by atoms with Crippen molar-refractivity contribution in [1.82, 2.24) is 0 Å². The predicted molar refractivity (Wildman–Crippen MR) is 448 cm³/mol. The molecule has 0 radical (unpaired) electrons. The van der Waals surface area contributed by atoms with Crippen molar-refractivity contribution in [3.63, 3.8) is 0 Å². The summed E-state index contributed by atoms with van der Waals surface area (Å²) in [6.45, 7) is 6.15. The maximum absolute atomic E-state index is 12.7. The molecule has 0 saturated heterocycles. The lowest BCUT2D eigenvalue weighted by Gasteiger charge is -2.17. The first kappa shape index (κ1) is 80.2. The molecule has 0 bridgehead atoms. The molecule has 0 heterocycles. The summed E-state index contributed by atoms with van der Waals surface area (Å²) in [4.78, 5) is 79.5. The first-order chi connectivity index (χ1) is 52.8. The summed E-state index contributed by atoms with van der Waals surface area (Å²) < 4.78 is 5.04. The summed E-state index contributed by atoms with van der Waals surface area (Å²) in [7, 11) is 9.63. The van der Waals surface area contributed by atoms with E-state index < -0.39 is 0 Å². The molecule has 14 aromatic rings. The van der Waals surface area contributed by atoms with E-state index in [2.05, 4.69) is 53.1 Å². The Kier molecular flexibility index (Phi) is 30.3. The van der Waals surface area contributed by atoms with E-state index in [1.807, 2.05) is 315 Å². The lowest BCUT2D eigenvalue weighted by atomic mass is 9.98. The Morgan fingerprint density at radius 1 is 0.266 bits per heavy atom. The van der Waals surface area contributed by atoms with Gasteiger partial charge in [-0.15, -0.1) is 0 Å². The van der Waals surface area contributed by atoms with Gasteiger partial charge in [0.1, 0.15) is 5.75 Å². The smallest absolute Gasteiger partial charge is 0.193 e. The maximum atomic E-state index is 12.7. The fourth-order valence-corrected chi connectivity index (χ4v) is 12.3. The van der Waals surface area contributed by atoms with Crippen molar-refractivity contribution in [3.8, 4) is 16.9 Å². The molecule has 9 nitrogen and oxygen atoms in total. The predicted octanol–water partition coefficient (Wildman–Crippen LogP) is 23.0. The van der Waals surface area contributed by atoms with Crippen LogP contribution in [0.15, 0.2) is 380 Å². The van der Waals surface area contributed by atoms with Crippen molar-refractivity contribution in [2.75, 3.05) is 45.1 Å². The van der Waals surface area contributed by atoms with Crippen molar-refractivity contribution in [2.24, 2.45) is 0 Å². The second-order valence-electron chi connectivity index (χ2n) is 25.6. The highest BCUT2D eigenvalue weighted by molar-refractivity contribution is 7.99. The maximum Gasteiger partial charge on any atom is 0.193 e. The van der Waals surface area contributed by atoms with Gasteiger partial charge in [0.25, 0.3) is 0 Å². The van der Waals surface area contributed by atoms with E-state index in [9.17, 15) is 28.8 Å². The summed E-state index contributed by atoms with van der Waals surface area (Å²) in [6, 6.07) is 116. The molecule has 0 amide bonds. The number of halogens is 1. The highest BCUT2D eigenvalue weighted by Gasteiger charge is 2.16. The monoisotopic (exact) mass is 1470 g/mol. The number of benzene rings is 14. The Morgan fingerprint density at radius 2 is 0.495 bits per heavy atom. The van der Waals surface area contributed by atoms with Crippen LogP contribution in [0.4, 0.5) is 11.4 Å². The van der Waals surface area contributed by atoms with E-state index in [0.717, 1.165) is 88.8 Å². The summed E-state index contributed by atoms with van der Waals surface area (Å²) in [5, 5.41) is 0.639. The van der Waals surface area contributed by atoms with Gasteiger partial charge < -0.3 is 14.5 Å². The van der Waals surface area contributed by atoms with Crippen molar-refractivity contribution < 1.29 is 33.5 Å². The Bertz CT molecular complexity index is 5130. The van der Waals surface area contributed by atoms with Gasteiger partial charge in [0.05, 0.1) is 7.11 Å². The molecule has 0 aliphatic rings. The number of carbonyl (C=O) groups is 6. The molecular weight excluding hydrogens is 1380 g/mol. The number of aryl methyl sites for hydroxylation is 3. The Hall–Kier alpha value is -12.9. The average molecular weight is 1470 g/mol. The van der Waals surface area contributed by atoms with Gasteiger partial charge in [-0.2, -0.15) is 0 Å². The number of anilines is 2. The molecule has 0 saturated carbocycles. The molecule has 0 N–H and O–H groups in total. The molecular formula is C98H85ClN2O7S. The van der Waals surface area contributed by atoms with Crippen molar-refractivity contribution in [2.45, 2.75) is 30.6 Å².